The van der Waals surface area contributed by atoms with Crippen molar-refractivity contribution in [1.29, 1.82) is 0 Å². The van der Waals surface area contributed by atoms with Crippen LogP contribution in [0.15, 0.2) is 35.1 Å². The average molecular weight is 197 g/mol. The summed E-state index contributed by atoms with van der Waals surface area (Å²) in [6, 6.07) is 8.19. The van der Waals surface area contributed by atoms with E-state index in [1.807, 2.05) is 0 Å². The van der Waals surface area contributed by atoms with Crippen LogP contribution in [-0.2, 0) is 7.05 Å². The summed E-state index contributed by atoms with van der Waals surface area (Å²) in [5.41, 5.74) is 0.420. The summed E-state index contributed by atoms with van der Waals surface area (Å²) in [7, 11) is 1.66. The van der Waals surface area contributed by atoms with E-state index < -0.39 is 0 Å². The molecule has 1 heterocycles. The minimum absolute atomic E-state index is 0. The Morgan fingerprint density at radius 1 is 1.29 bits per heavy atom. The number of pyridine rings is 1. The molecule has 0 atom stereocenters. The van der Waals surface area contributed by atoms with Gasteiger partial charge in [-0.15, -0.1) is 0 Å². The maximum atomic E-state index is 11.3. The van der Waals surface area contributed by atoms with Gasteiger partial charge < -0.3 is 9.67 Å². The van der Waals surface area contributed by atoms with Crippen molar-refractivity contribution in [2.45, 2.75) is 0 Å². The zero-order valence-corrected chi connectivity index (χ0v) is 10.2. The molecule has 1 aromatic carbocycles. The summed E-state index contributed by atoms with van der Waals surface area (Å²) in [6.07, 6.45) is 0. The van der Waals surface area contributed by atoms with E-state index in [4.69, 9.17) is 0 Å². The van der Waals surface area contributed by atoms with Crippen molar-refractivity contribution in [3.63, 3.8) is 0 Å². The Bertz CT molecular complexity index is 519. The number of aryl methyl sites for hydroxylation is 1. The van der Waals surface area contributed by atoms with Crippen LogP contribution in [0.25, 0.3) is 10.9 Å². The summed E-state index contributed by atoms with van der Waals surface area (Å²) < 4.78 is 1.47. The van der Waals surface area contributed by atoms with Gasteiger partial charge in [0, 0.05) is 7.05 Å². The summed E-state index contributed by atoms with van der Waals surface area (Å²) in [6.45, 7) is 0. The van der Waals surface area contributed by atoms with Gasteiger partial charge in [0.05, 0.1) is 5.52 Å². The summed E-state index contributed by atoms with van der Waals surface area (Å²) in [4.78, 5) is 11.2. The molecule has 1 aromatic heterocycles. The van der Waals surface area contributed by atoms with Crippen molar-refractivity contribution in [3.05, 3.63) is 40.7 Å². The first-order valence-corrected chi connectivity index (χ1v) is 3.96. The Morgan fingerprint density at radius 3 is 2.64 bits per heavy atom. The molecule has 0 fully saturated rings. The third kappa shape index (κ3) is 1.71. The molecule has 0 radical (unpaired) electrons. The van der Waals surface area contributed by atoms with E-state index in [2.05, 4.69) is 0 Å². The normalized spacial score (nSPS) is 9.79. The fourth-order valence-electron chi connectivity index (χ4n) is 1.38. The summed E-state index contributed by atoms with van der Waals surface area (Å²) in [5.74, 6) is -0.210. The molecule has 0 amide bonds. The molecule has 3 nitrogen and oxygen atoms in total. The van der Waals surface area contributed by atoms with E-state index in [0.717, 1.165) is 6.07 Å². The molecule has 2 aromatic rings. The molecule has 14 heavy (non-hydrogen) atoms. The third-order valence-electron chi connectivity index (χ3n) is 2.12. The summed E-state index contributed by atoms with van der Waals surface area (Å²) >= 11 is 0. The van der Waals surface area contributed by atoms with E-state index in [0.29, 0.717) is 10.9 Å². The number of benzene rings is 1. The van der Waals surface area contributed by atoms with Crippen molar-refractivity contribution in [2.24, 2.45) is 7.05 Å². The number of fused-ring (bicyclic) bond motifs is 1. The molecular formula is C10H8NNaO2. The van der Waals surface area contributed by atoms with Gasteiger partial charge in [-0.2, -0.15) is 0 Å². The Balaban J connectivity index is 0.000000980. The molecule has 66 valence electrons. The van der Waals surface area contributed by atoms with Crippen LogP contribution >= 0.6 is 0 Å². The molecule has 4 heteroatoms. The van der Waals surface area contributed by atoms with E-state index in [1.165, 1.54) is 4.57 Å². The molecule has 2 rings (SSSR count). The minimum atomic E-state index is -0.260. The van der Waals surface area contributed by atoms with Crippen LogP contribution in [0.2, 0.25) is 0 Å². The van der Waals surface area contributed by atoms with Gasteiger partial charge in [0.2, 0.25) is 5.56 Å². The molecule has 0 spiro atoms. The smallest absolute Gasteiger partial charge is 0.872 e. The molecule has 0 N–H and O–H groups in total. The van der Waals surface area contributed by atoms with E-state index >= 15 is 0 Å². The van der Waals surface area contributed by atoms with Crippen LogP contribution in [-0.4, -0.2) is 4.57 Å². The van der Waals surface area contributed by atoms with Crippen molar-refractivity contribution in [3.8, 4) is 5.75 Å². The number of hydrogen-bond donors (Lipinski definition) is 0. The number of hydrogen-bond acceptors (Lipinski definition) is 2. The molecule has 0 saturated carbocycles. The first-order chi connectivity index (χ1) is 6.20. The third-order valence-corrected chi connectivity index (χ3v) is 2.12. The van der Waals surface area contributed by atoms with Crippen LogP contribution in [0.4, 0.5) is 0 Å². The quantitative estimate of drug-likeness (QED) is 0.443. The molecule has 0 unspecified atom stereocenters. The number of nitrogens with zero attached hydrogens (tertiary/aromatic N) is 1. The van der Waals surface area contributed by atoms with Gasteiger partial charge in [-0.25, -0.2) is 0 Å². The Hall–Kier alpha value is -0.770. The Labute approximate surface area is 103 Å². The SMILES string of the molecule is Cn1c(=O)cc([O-])c2ccccc21.[Na+]. The van der Waals surface area contributed by atoms with Crippen molar-refractivity contribution >= 4 is 10.9 Å². The maximum absolute atomic E-state index is 11.3. The molecular weight excluding hydrogens is 189 g/mol. The fraction of sp³-hybridized carbons (Fsp3) is 0.100. The second-order valence-corrected chi connectivity index (χ2v) is 2.92. The number of rotatable bonds is 0. The monoisotopic (exact) mass is 197 g/mol. The van der Waals surface area contributed by atoms with Gasteiger partial charge in [0.25, 0.3) is 0 Å². The van der Waals surface area contributed by atoms with Crippen LogP contribution in [0, 0.1) is 0 Å². The van der Waals surface area contributed by atoms with Crippen molar-refractivity contribution in [2.75, 3.05) is 0 Å². The molecule has 0 aliphatic heterocycles. The predicted octanol–water partition coefficient (Wildman–Crippen LogP) is -2.38. The standard InChI is InChI=1S/C10H9NO2.Na/c1-11-8-5-3-2-4-7(8)9(12)6-10(11)13;/h2-6,12H,1H3;/q;+1/p-1. The molecule has 0 aliphatic carbocycles. The first-order valence-electron chi connectivity index (χ1n) is 3.96. The van der Waals surface area contributed by atoms with Gasteiger partial charge in [-0.05, 0) is 17.5 Å². The van der Waals surface area contributed by atoms with Gasteiger partial charge >= 0.3 is 29.6 Å². The van der Waals surface area contributed by atoms with Crippen molar-refractivity contribution in [1.82, 2.24) is 4.57 Å². The van der Waals surface area contributed by atoms with Crippen LogP contribution < -0.4 is 40.2 Å². The zero-order valence-electron chi connectivity index (χ0n) is 8.15. The second kappa shape index (κ2) is 4.17. The van der Waals surface area contributed by atoms with E-state index in [1.54, 1.807) is 31.3 Å². The molecule has 0 saturated heterocycles. The number of para-hydroxylation sites is 1. The van der Waals surface area contributed by atoms with Crippen molar-refractivity contribution < 1.29 is 34.7 Å². The minimum Gasteiger partial charge on any atom is -0.872 e. The van der Waals surface area contributed by atoms with Gasteiger partial charge in [-0.3, -0.25) is 4.79 Å². The summed E-state index contributed by atoms with van der Waals surface area (Å²) in [5, 5.41) is 11.9. The topological polar surface area (TPSA) is 45.1 Å². The largest absolute Gasteiger partial charge is 1.00 e. The Morgan fingerprint density at radius 2 is 1.93 bits per heavy atom. The molecule has 0 aliphatic rings. The second-order valence-electron chi connectivity index (χ2n) is 2.92. The van der Waals surface area contributed by atoms with Crippen LogP contribution in [0.5, 0.6) is 5.75 Å². The van der Waals surface area contributed by atoms with Gasteiger partial charge in [-0.1, -0.05) is 23.9 Å². The van der Waals surface area contributed by atoms with Crippen LogP contribution in [0.1, 0.15) is 0 Å². The number of aromatic nitrogens is 1. The first kappa shape index (κ1) is 11.3. The Kier molecular flexibility index (Phi) is 3.37. The van der Waals surface area contributed by atoms with Gasteiger partial charge in [0.1, 0.15) is 0 Å². The fourth-order valence-corrected chi connectivity index (χ4v) is 1.38. The predicted molar refractivity (Wildman–Crippen MR) is 48.6 cm³/mol. The maximum Gasteiger partial charge on any atom is 1.00 e. The molecule has 0 bridgehead atoms. The van der Waals surface area contributed by atoms with Gasteiger partial charge in [0.15, 0.2) is 0 Å². The van der Waals surface area contributed by atoms with Crippen LogP contribution in [0.3, 0.4) is 0 Å². The zero-order chi connectivity index (χ0) is 9.42. The average Bonchev–Trinajstić information content (AvgIpc) is 2.15. The van der Waals surface area contributed by atoms with E-state index in [9.17, 15) is 9.90 Å². The van der Waals surface area contributed by atoms with E-state index in [-0.39, 0.29) is 40.9 Å².